The number of ether oxygens (including phenoxy) is 1. The Morgan fingerprint density at radius 1 is 1.26 bits per heavy atom. The van der Waals surface area contributed by atoms with Gasteiger partial charge in [0.1, 0.15) is 17.4 Å². The predicted molar refractivity (Wildman–Crippen MR) is 153 cm³/mol. The molecule has 0 spiro atoms. The van der Waals surface area contributed by atoms with Gasteiger partial charge in [-0.15, -0.1) is 0 Å². The number of carbonyl (C=O) groups is 1. The van der Waals surface area contributed by atoms with Gasteiger partial charge in [0.15, 0.2) is 5.82 Å². The van der Waals surface area contributed by atoms with E-state index in [1.54, 1.807) is 13.2 Å². The smallest absolute Gasteiger partial charge is 0.229 e. The summed E-state index contributed by atoms with van der Waals surface area (Å²) in [5.41, 5.74) is 1.59. The third kappa shape index (κ3) is 4.75. The van der Waals surface area contributed by atoms with Crippen molar-refractivity contribution < 1.29 is 9.53 Å². The van der Waals surface area contributed by atoms with E-state index in [0.717, 1.165) is 49.6 Å². The molecule has 0 saturated heterocycles. The van der Waals surface area contributed by atoms with Gasteiger partial charge in [0.05, 0.1) is 29.9 Å². The van der Waals surface area contributed by atoms with Crippen LogP contribution in [0.2, 0.25) is 5.02 Å². The minimum absolute atomic E-state index is 0.0578. The van der Waals surface area contributed by atoms with E-state index in [0.29, 0.717) is 35.2 Å². The van der Waals surface area contributed by atoms with Crippen LogP contribution in [-0.2, 0) is 4.79 Å². The van der Waals surface area contributed by atoms with Crippen molar-refractivity contribution in [2.75, 3.05) is 62.9 Å². The Bertz CT molecular complexity index is 1210. The second kappa shape index (κ2) is 10.1. The third-order valence-electron chi connectivity index (χ3n) is 9.13. The minimum atomic E-state index is -0.483. The Morgan fingerprint density at radius 2 is 2.05 bits per heavy atom. The van der Waals surface area contributed by atoms with Gasteiger partial charge in [0.2, 0.25) is 11.9 Å². The number of carbonyl (C=O) groups excluding carboxylic acids is 1. The molecule has 0 radical (unpaired) electrons. The first-order chi connectivity index (χ1) is 18.0. The van der Waals surface area contributed by atoms with Crippen molar-refractivity contribution in [1.29, 1.82) is 0 Å². The van der Waals surface area contributed by atoms with Crippen molar-refractivity contribution in [3.05, 3.63) is 29.4 Å². The highest BCUT2D eigenvalue weighted by atomic mass is 35.5. The standard InChI is InChI=1S/C28H40ClN7O2/c1-27(2)17-13-19(25(37)30-4)28(3,23(27)14-17)34-24-20(29)16-31-26(33-24)32-18-7-8-21-22(15-18)38-12-11-36(21)10-9-35(5)6/h7-8,15-17,19,23H,9-14H2,1-6H3,(H,30,37)(H2,31,32,33,34)/t17-,19-,23-,28+/m1/s1. The van der Waals surface area contributed by atoms with Crippen LogP contribution in [0.15, 0.2) is 24.4 Å². The molecule has 3 N–H and O–H groups in total. The van der Waals surface area contributed by atoms with Gasteiger partial charge in [0, 0.05) is 31.9 Å². The Morgan fingerprint density at radius 3 is 2.76 bits per heavy atom. The summed E-state index contributed by atoms with van der Waals surface area (Å²) >= 11 is 6.59. The van der Waals surface area contributed by atoms with Crippen LogP contribution in [0.4, 0.5) is 23.1 Å². The number of nitrogens with zero attached hydrogens (tertiary/aromatic N) is 4. The molecule has 1 amide bonds. The van der Waals surface area contributed by atoms with Gasteiger partial charge in [-0.25, -0.2) is 4.98 Å². The van der Waals surface area contributed by atoms with E-state index < -0.39 is 5.54 Å². The molecular weight excluding hydrogens is 502 g/mol. The number of halogens is 1. The lowest BCUT2D eigenvalue weighted by atomic mass is 9.40. The number of fused-ring (bicyclic) bond motifs is 3. The number of rotatable bonds is 8. The first-order valence-electron chi connectivity index (χ1n) is 13.5. The topological polar surface area (TPSA) is 94.6 Å². The molecule has 9 nitrogen and oxygen atoms in total. The molecule has 206 valence electrons. The van der Waals surface area contributed by atoms with E-state index in [1.165, 1.54) is 0 Å². The Kier molecular flexibility index (Phi) is 7.11. The van der Waals surface area contributed by atoms with E-state index in [9.17, 15) is 4.79 Å². The molecule has 4 atom stereocenters. The summed E-state index contributed by atoms with van der Waals surface area (Å²) < 4.78 is 5.97. The molecule has 6 rings (SSSR count). The van der Waals surface area contributed by atoms with Crippen LogP contribution in [-0.4, -0.2) is 73.7 Å². The highest BCUT2D eigenvalue weighted by Crippen LogP contribution is 2.65. The van der Waals surface area contributed by atoms with Crippen LogP contribution >= 0.6 is 11.6 Å². The van der Waals surface area contributed by atoms with Crippen LogP contribution in [0.1, 0.15) is 33.6 Å². The molecule has 1 aromatic carbocycles. The zero-order valence-electron chi connectivity index (χ0n) is 23.3. The number of amides is 1. The molecule has 3 saturated carbocycles. The lowest BCUT2D eigenvalue weighted by Crippen LogP contribution is -2.69. The van der Waals surface area contributed by atoms with E-state index in [-0.39, 0.29) is 17.2 Å². The van der Waals surface area contributed by atoms with Gasteiger partial charge in [-0.1, -0.05) is 25.4 Å². The van der Waals surface area contributed by atoms with Gasteiger partial charge < -0.3 is 30.5 Å². The van der Waals surface area contributed by atoms with Gasteiger partial charge in [-0.3, -0.25) is 4.79 Å². The summed E-state index contributed by atoms with van der Waals surface area (Å²) in [5, 5.41) is 10.2. The van der Waals surface area contributed by atoms with Gasteiger partial charge >= 0.3 is 0 Å². The molecule has 1 aromatic heterocycles. The van der Waals surface area contributed by atoms with E-state index in [1.807, 2.05) is 12.1 Å². The third-order valence-corrected chi connectivity index (χ3v) is 9.40. The molecule has 4 aliphatic rings. The molecule has 0 unspecified atom stereocenters. The maximum atomic E-state index is 12.9. The minimum Gasteiger partial charge on any atom is -0.489 e. The van der Waals surface area contributed by atoms with Crippen molar-refractivity contribution in [3.8, 4) is 5.75 Å². The van der Waals surface area contributed by atoms with Crippen LogP contribution in [0.5, 0.6) is 5.75 Å². The second-order valence-corrected chi connectivity index (χ2v) is 12.4. The van der Waals surface area contributed by atoms with E-state index in [4.69, 9.17) is 21.3 Å². The fourth-order valence-electron chi connectivity index (χ4n) is 6.74. The zero-order valence-corrected chi connectivity index (χ0v) is 24.0. The number of hydrogen-bond acceptors (Lipinski definition) is 8. The first-order valence-corrected chi connectivity index (χ1v) is 13.9. The molecule has 2 bridgehead atoms. The maximum absolute atomic E-state index is 12.9. The summed E-state index contributed by atoms with van der Waals surface area (Å²) in [6.45, 7) is 10.2. The van der Waals surface area contributed by atoms with Crippen molar-refractivity contribution in [1.82, 2.24) is 20.2 Å². The van der Waals surface area contributed by atoms with Crippen LogP contribution < -0.4 is 25.6 Å². The Labute approximate surface area is 230 Å². The molecule has 2 aromatic rings. The Hall–Kier alpha value is -2.78. The van der Waals surface area contributed by atoms with E-state index >= 15 is 0 Å². The average molecular weight is 542 g/mol. The molecule has 10 heteroatoms. The summed E-state index contributed by atoms with van der Waals surface area (Å²) in [6.07, 6.45) is 3.55. The zero-order chi connectivity index (χ0) is 27.2. The SMILES string of the molecule is CNC(=O)[C@H]1C[C@@H]2C[C@H](C2(C)C)[C@@]1(C)Nc1nc(Nc2ccc3c(c2)OCCN3CCN(C)C)ncc1Cl. The van der Waals surface area contributed by atoms with Gasteiger partial charge in [-0.05, 0) is 63.2 Å². The lowest BCUT2D eigenvalue weighted by Gasteiger charge is -2.66. The molecule has 2 heterocycles. The second-order valence-electron chi connectivity index (χ2n) is 12.0. The molecule has 1 aliphatic heterocycles. The summed E-state index contributed by atoms with van der Waals surface area (Å²) in [7, 11) is 5.87. The van der Waals surface area contributed by atoms with Crippen molar-refractivity contribution in [3.63, 3.8) is 0 Å². The summed E-state index contributed by atoms with van der Waals surface area (Å²) in [5.74, 6) is 2.57. The number of hydrogen-bond donors (Lipinski definition) is 3. The van der Waals surface area contributed by atoms with Crippen molar-refractivity contribution in [2.45, 2.75) is 39.2 Å². The van der Waals surface area contributed by atoms with Gasteiger partial charge in [0.25, 0.3) is 0 Å². The maximum Gasteiger partial charge on any atom is 0.229 e. The fraction of sp³-hybridized carbons (Fsp3) is 0.607. The Balaban J connectivity index is 1.37. The number of likely N-dealkylation sites (N-methyl/N-ethyl adjacent to an activating group) is 1. The number of anilines is 4. The highest BCUT2D eigenvalue weighted by molar-refractivity contribution is 6.32. The monoisotopic (exact) mass is 541 g/mol. The molecular formula is C28H40ClN7O2. The van der Waals surface area contributed by atoms with Gasteiger partial charge in [-0.2, -0.15) is 4.98 Å². The van der Waals surface area contributed by atoms with Crippen LogP contribution in [0.25, 0.3) is 0 Å². The highest BCUT2D eigenvalue weighted by Gasteiger charge is 2.64. The number of aromatic nitrogens is 2. The summed E-state index contributed by atoms with van der Waals surface area (Å²) in [4.78, 5) is 26.6. The first kappa shape index (κ1) is 26.8. The molecule has 3 aliphatic carbocycles. The largest absolute Gasteiger partial charge is 0.489 e. The quantitative estimate of drug-likeness (QED) is 0.457. The number of nitrogens with one attached hydrogen (secondary N) is 3. The average Bonchev–Trinajstić information content (AvgIpc) is 2.88. The summed E-state index contributed by atoms with van der Waals surface area (Å²) in [6, 6.07) is 6.08. The van der Waals surface area contributed by atoms with Crippen molar-refractivity contribution in [2.24, 2.45) is 23.2 Å². The van der Waals surface area contributed by atoms with Crippen LogP contribution in [0, 0.1) is 23.2 Å². The predicted octanol–water partition coefficient (Wildman–Crippen LogP) is 4.23. The van der Waals surface area contributed by atoms with Crippen LogP contribution in [0.3, 0.4) is 0 Å². The lowest BCUT2D eigenvalue weighted by molar-refractivity contribution is -0.155. The van der Waals surface area contributed by atoms with E-state index in [2.05, 4.69) is 71.7 Å². The van der Waals surface area contributed by atoms with Crippen molar-refractivity contribution >= 4 is 40.6 Å². The molecule has 3 fully saturated rings. The number of benzene rings is 1. The normalized spacial score (nSPS) is 27.2. The molecule has 38 heavy (non-hydrogen) atoms. The fourth-order valence-corrected chi connectivity index (χ4v) is 6.88.